The first-order chi connectivity index (χ1) is 7.75. The zero-order valence-electron chi connectivity index (χ0n) is 9.30. The molecule has 0 atom stereocenters. The molecule has 3 heteroatoms. The number of pyridine rings is 1. The van der Waals surface area contributed by atoms with E-state index in [1.165, 1.54) is 5.56 Å². The normalized spacial score (nSPS) is 10.1. The second kappa shape index (κ2) is 4.66. The Morgan fingerprint density at radius 1 is 1.19 bits per heavy atom. The van der Waals surface area contributed by atoms with Gasteiger partial charge in [0, 0.05) is 25.5 Å². The van der Waals surface area contributed by atoms with Crippen molar-refractivity contribution < 1.29 is 0 Å². The largest absolute Gasteiger partial charge is 0.399 e. The molecule has 0 unspecified atom stereocenters. The van der Waals surface area contributed by atoms with Gasteiger partial charge in [-0.1, -0.05) is 18.2 Å². The highest BCUT2D eigenvalue weighted by Crippen LogP contribution is 2.13. The van der Waals surface area contributed by atoms with Gasteiger partial charge in [-0.25, -0.2) is 4.98 Å². The third kappa shape index (κ3) is 2.51. The van der Waals surface area contributed by atoms with Crippen molar-refractivity contribution in [3.05, 3.63) is 54.2 Å². The van der Waals surface area contributed by atoms with Crippen LogP contribution in [0.5, 0.6) is 0 Å². The van der Waals surface area contributed by atoms with Gasteiger partial charge in [-0.05, 0) is 29.8 Å². The second-order valence-corrected chi connectivity index (χ2v) is 3.79. The molecule has 0 aliphatic carbocycles. The highest BCUT2D eigenvalue weighted by atomic mass is 15.2. The van der Waals surface area contributed by atoms with Gasteiger partial charge in [-0.15, -0.1) is 0 Å². The highest BCUT2D eigenvalue weighted by molar-refractivity contribution is 5.43. The van der Waals surface area contributed by atoms with E-state index in [1.54, 1.807) is 6.20 Å². The number of rotatable bonds is 3. The molecule has 0 spiro atoms. The number of benzene rings is 1. The maximum Gasteiger partial charge on any atom is 0.128 e. The summed E-state index contributed by atoms with van der Waals surface area (Å²) >= 11 is 0. The number of nitrogen functional groups attached to an aromatic ring is 1. The number of hydrogen-bond donors (Lipinski definition) is 1. The maximum absolute atomic E-state index is 5.74. The standard InChI is InChI=1S/C13H15N3/c1-16(13-7-2-3-8-15-13)10-11-5-4-6-12(14)9-11/h2-9H,10,14H2,1H3. The van der Waals surface area contributed by atoms with Crippen LogP contribution in [0.4, 0.5) is 11.5 Å². The molecule has 1 heterocycles. The lowest BCUT2D eigenvalue weighted by molar-refractivity contribution is 0.898. The fourth-order valence-corrected chi connectivity index (χ4v) is 1.63. The third-order valence-corrected chi connectivity index (χ3v) is 2.41. The number of nitrogens with zero attached hydrogens (tertiary/aromatic N) is 2. The van der Waals surface area contributed by atoms with Gasteiger partial charge in [-0.2, -0.15) is 0 Å². The summed E-state index contributed by atoms with van der Waals surface area (Å²) in [5.74, 6) is 0.963. The number of anilines is 2. The average molecular weight is 213 g/mol. The van der Waals surface area contributed by atoms with Crippen molar-refractivity contribution in [3.63, 3.8) is 0 Å². The summed E-state index contributed by atoms with van der Waals surface area (Å²) < 4.78 is 0. The lowest BCUT2D eigenvalue weighted by Crippen LogP contribution is -2.17. The topological polar surface area (TPSA) is 42.1 Å². The van der Waals surface area contributed by atoms with E-state index >= 15 is 0 Å². The van der Waals surface area contributed by atoms with Gasteiger partial charge in [0.25, 0.3) is 0 Å². The molecule has 2 aromatic rings. The van der Waals surface area contributed by atoms with E-state index in [-0.39, 0.29) is 0 Å². The van der Waals surface area contributed by atoms with E-state index in [0.717, 1.165) is 18.1 Å². The lowest BCUT2D eigenvalue weighted by atomic mass is 10.2. The summed E-state index contributed by atoms with van der Waals surface area (Å²) in [6.45, 7) is 0.808. The Labute approximate surface area is 95.5 Å². The molecule has 2 N–H and O–H groups in total. The summed E-state index contributed by atoms with van der Waals surface area (Å²) in [5.41, 5.74) is 7.73. The first-order valence-corrected chi connectivity index (χ1v) is 5.22. The summed E-state index contributed by atoms with van der Waals surface area (Å²) in [5, 5.41) is 0. The maximum atomic E-state index is 5.74. The van der Waals surface area contributed by atoms with Gasteiger partial charge >= 0.3 is 0 Å². The van der Waals surface area contributed by atoms with Crippen molar-refractivity contribution in [2.45, 2.75) is 6.54 Å². The Hall–Kier alpha value is -2.03. The van der Waals surface area contributed by atoms with Crippen LogP contribution in [0.2, 0.25) is 0 Å². The Morgan fingerprint density at radius 2 is 2.06 bits per heavy atom. The Bertz CT molecular complexity index is 454. The fourth-order valence-electron chi connectivity index (χ4n) is 1.63. The van der Waals surface area contributed by atoms with Gasteiger partial charge in [0.15, 0.2) is 0 Å². The molecule has 1 aromatic carbocycles. The highest BCUT2D eigenvalue weighted by Gasteiger charge is 2.02. The average Bonchev–Trinajstić information content (AvgIpc) is 2.30. The van der Waals surface area contributed by atoms with E-state index in [9.17, 15) is 0 Å². The number of hydrogen-bond acceptors (Lipinski definition) is 3. The molecule has 0 amide bonds. The van der Waals surface area contributed by atoms with Gasteiger partial charge in [0.05, 0.1) is 0 Å². The minimum absolute atomic E-state index is 0.798. The van der Waals surface area contributed by atoms with Crippen molar-refractivity contribution >= 4 is 11.5 Å². The number of nitrogens with two attached hydrogens (primary N) is 1. The Kier molecular flexibility index (Phi) is 3.05. The van der Waals surface area contributed by atoms with Crippen LogP contribution in [0.3, 0.4) is 0 Å². The zero-order valence-corrected chi connectivity index (χ0v) is 9.30. The van der Waals surface area contributed by atoms with Crippen LogP contribution in [0.15, 0.2) is 48.7 Å². The molecule has 0 aliphatic heterocycles. The first kappa shape index (κ1) is 10.5. The number of aromatic nitrogens is 1. The monoisotopic (exact) mass is 213 g/mol. The van der Waals surface area contributed by atoms with E-state index in [4.69, 9.17) is 5.73 Å². The molecule has 82 valence electrons. The molecule has 2 rings (SSSR count). The van der Waals surface area contributed by atoms with Crippen molar-refractivity contribution in [1.29, 1.82) is 0 Å². The molecule has 3 nitrogen and oxygen atoms in total. The van der Waals surface area contributed by atoms with Gasteiger partial charge in [-0.3, -0.25) is 0 Å². The molecule has 0 bridgehead atoms. The van der Waals surface area contributed by atoms with Crippen LogP contribution >= 0.6 is 0 Å². The summed E-state index contributed by atoms with van der Waals surface area (Å²) in [4.78, 5) is 6.38. The molecule has 0 fully saturated rings. The van der Waals surface area contributed by atoms with Crippen LogP contribution < -0.4 is 10.6 Å². The predicted octanol–water partition coefficient (Wildman–Crippen LogP) is 2.30. The summed E-state index contributed by atoms with van der Waals surface area (Å²) in [6.07, 6.45) is 1.80. The van der Waals surface area contributed by atoms with Gasteiger partial charge in [0.1, 0.15) is 5.82 Å². The van der Waals surface area contributed by atoms with E-state index in [1.807, 2.05) is 43.4 Å². The molecule has 0 saturated carbocycles. The van der Waals surface area contributed by atoms with Crippen LogP contribution in [-0.2, 0) is 6.54 Å². The smallest absolute Gasteiger partial charge is 0.128 e. The molecule has 0 aliphatic rings. The molecule has 0 radical (unpaired) electrons. The van der Waals surface area contributed by atoms with Crippen molar-refractivity contribution in [1.82, 2.24) is 4.98 Å². The van der Waals surface area contributed by atoms with Gasteiger partial charge in [0.2, 0.25) is 0 Å². The predicted molar refractivity (Wildman–Crippen MR) is 67.2 cm³/mol. The van der Waals surface area contributed by atoms with Crippen molar-refractivity contribution in [2.75, 3.05) is 17.7 Å². The summed E-state index contributed by atoms with van der Waals surface area (Å²) in [7, 11) is 2.02. The molecule has 16 heavy (non-hydrogen) atoms. The quantitative estimate of drug-likeness (QED) is 0.795. The molecular formula is C13H15N3. The second-order valence-electron chi connectivity index (χ2n) is 3.79. The van der Waals surface area contributed by atoms with E-state index in [0.29, 0.717) is 0 Å². The SMILES string of the molecule is CN(Cc1cccc(N)c1)c1ccccn1. The van der Waals surface area contributed by atoms with E-state index in [2.05, 4.69) is 16.0 Å². The minimum Gasteiger partial charge on any atom is -0.399 e. The van der Waals surface area contributed by atoms with Crippen molar-refractivity contribution in [2.24, 2.45) is 0 Å². The van der Waals surface area contributed by atoms with Crippen LogP contribution in [0.25, 0.3) is 0 Å². The first-order valence-electron chi connectivity index (χ1n) is 5.22. The van der Waals surface area contributed by atoms with Crippen LogP contribution in [0, 0.1) is 0 Å². The molecular weight excluding hydrogens is 198 g/mol. The Morgan fingerprint density at radius 3 is 2.75 bits per heavy atom. The van der Waals surface area contributed by atoms with Gasteiger partial charge < -0.3 is 10.6 Å². The Balaban J connectivity index is 2.11. The van der Waals surface area contributed by atoms with Crippen molar-refractivity contribution in [3.8, 4) is 0 Å². The summed E-state index contributed by atoms with van der Waals surface area (Å²) in [6, 6.07) is 13.8. The zero-order chi connectivity index (χ0) is 11.4. The molecule has 1 aromatic heterocycles. The third-order valence-electron chi connectivity index (χ3n) is 2.41. The van der Waals surface area contributed by atoms with E-state index < -0.39 is 0 Å². The fraction of sp³-hybridized carbons (Fsp3) is 0.154. The molecule has 0 saturated heterocycles. The minimum atomic E-state index is 0.798. The lowest BCUT2D eigenvalue weighted by Gasteiger charge is -2.18. The van der Waals surface area contributed by atoms with Crippen LogP contribution in [0.1, 0.15) is 5.56 Å². The van der Waals surface area contributed by atoms with Crippen LogP contribution in [-0.4, -0.2) is 12.0 Å².